The van der Waals surface area contributed by atoms with Gasteiger partial charge in [-0.3, -0.25) is 4.68 Å². The van der Waals surface area contributed by atoms with Gasteiger partial charge in [0.05, 0.1) is 19.3 Å². The number of rotatable bonds is 5. The average molecular weight is 360 g/mol. The average Bonchev–Trinajstić information content (AvgIpc) is 3.14. The largest absolute Gasteiger partial charge is 0.496 e. The van der Waals surface area contributed by atoms with Crippen LogP contribution in [-0.4, -0.2) is 26.9 Å². The van der Waals surface area contributed by atoms with E-state index in [2.05, 4.69) is 15.1 Å². The first kappa shape index (κ1) is 16.9. The van der Waals surface area contributed by atoms with Crippen LogP contribution in [0.5, 0.6) is 5.75 Å². The van der Waals surface area contributed by atoms with E-state index in [0.717, 1.165) is 11.3 Å². The first-order chi connectivity index (χ1) is 13.3. The molecule has 2 heterocycles. The molecular weight excluding hydrogens is 343 g/mol. The fourth-order valence-electron chi connectivity index (χ4n) is 2.94. The normalized spacial score (nSPS) is 10.7. The van der Waals surface area contributed by atoms with Crippen LogP contribution in [0.2, 0.25) is 0 Å². The SMILES string of the molecule is COc1ccccc1-c1cc(-c2ncccn2)nn1Cc1ccccc1F. The molecule has 0 saturated carbocycles. The third kappa shape index (κ3) is 3.42. The van der Waals surface area contributed by atoms with Crippen molar-refractivity contribution in [2.45, 2.75) is 6.54 Å². The fraction of sp³-hybridized carbons (Fsp3) is 0.0952. The zero-order valence-corrected chi connectivity index (χ0v) is 14.7. The van der Waals surface area contributed by atoms with E-state index >= 15 is 0 Å². The predicted octanol–water partition coefficient (Wildman–Crippen LogP) is 4.20. The summed E-state index contributed by atoms with van der Waals surface area (Å²) in [5, 5.41) is 4.64. The lowest BCUT2D eigenvalue weighted by molar-refractivity contribution is 0.416. The van der Waals surface area contributed by atoms with Crippen LogP contribution in [0.15, 0.2) is 73.1 Å². The number of methoxy groups -OCH3 is 1. The summed E-state index contributed by atoms with van der Waals surface area (Å²) in [7, 11) is 1.62. The maximum Gasteiger partial charge on any atom is 0.180 e. The van der Waals surface area contributed by atoms with Gasteiger partial charge in [0.25, 0.3) is 0 Å². The molecule has 0 spiro atoms. The van der Waals surface area contributed by atoms with Gasteiger partial charge in [0.2, 0.25) is 0 Å². The lowest BCUT2D eigenvalue weighted by Crippen LogP contribution is -2.06. The number of nitrogens with zero attached hydrogens (tertiary/aromatic N) is 4. The molecule has 27 heavy (non-hydrogen) atoms. The van der Waals surface area contributed by atoms with Gasteiger partial charge in [-0.2, -0.15) is 5.10 Å². The van der Waals surface area contributed by atoms with Crippen molar-refractivity contribution < 1.29 is 9.13 Å². The minimum absolute atomic E-state index is 0.267. The van der Waals surface area contributed by atoms with Gasteiger partial charge in [0.1, 0.15) is 17.3 Å². The minimum Gasteiger partial charge on any atom is -0.496 e. The quantitative estimate of drug-likeness (QED) is 0.535. The van der Waals surface area contributed by atoms with Crippen molar-refractivity contribution in [1.82, 2.24) is 19.7 Å². The van der Waals surface area contributed by atoms with Gasteiger partial charge in [0.15, 0.2) is 5.82 Å². The summed E-state index contributed by atoms with van der Waals surface area (Å²) in [5.74, 6) is 0.963. The summed E-state index contributed by atoms with van der Waals surface area (Å²) in [6.07, 6.45) is 3.34. The van der Waals surface area contributed by atoms with Crippen molar-refractivity contribution in [3.05, 3.63) is 84.4 Å². The first-order valence-electron chi connectivity index (χ1n) is 8.48. The van der Waals surface area contributed by atoms with Crippen molar-refractivity contribution in [2.24, 2.45) is 0 Å². The number of aromatic nitrogens is 4. The van der Waals surface area contributed by atoms with Crippen molar-refractivity contribution >= 4 is 0 Å². The van der Waals surface area contributed by atoms with Crippen LogP contribution in [0.3, 0.4) is 0 Å². The summed E-state index contributed by atoms with van der Waals surface area (Å²) >= 11 is 0. The van der Waals surface area contributed by atoms with Crippen molar-refractivity contribution in [3.8, 4) is 28.5 Å². The van der Waals surface area contributed by atoms with Crippen molar-refractivity contribution in [3.63, 3.8) is 0 Å². The van der Waals surface area contributed by atoms with Crippen molar-refractivity contribution in [1.29, 1.82) is 0 Å². The zero-order chi connectivity index (χ0) is 18.6. The standard InChI is InChI=1S/C21H17FN4O/c1-27-20-10-5-3-8-16(20)19-13-18(21-23-11-6-12-24-21)25-26(19)14-15-7-2-4-9-17(15)22/h2-13H,14H2,1H3. The summed E-state index contributed by atoms with van der Waals surface area (Å²) in [5.41, 5.74) is 2.84. The predicted molar refractivity (Wildman–Crippen MR) is 101 cm³/mol. The summed E-state index contributed by atoms with van der Waals surface area (Å²) in [4.78, 5) is 8.54. The highest BCUT2D eigenvalue weighted by Gasteiger charge is 2.17. The molecule has 0 aliphatic carbocycles. The highest BCUT2D eigenvalue weighted by atomic mass is 19.1. The van der Waals surface area contributed by atoms with Crippen LogP contribution < -0.4 is 4.74 Å². The van der Waals surface area contributed by atoms with E-state index in [0.29, 0.717) is 22.8 Å². The summed E-state index contributed by atoms with van der Waals surface area (Å²) < 4.78 is 21.4. The Morgan fingerprint density at radius 2 is 1.70 bits per heavy atom. The number of hydrogen-bond donors (Lipinski definition) is 0. The van der Waals surface area contributed by atoms with E-state index in [1.165, 1.54) is 6.07 Å². The maximum atomic E-state index is 14.2. The van der Waals surface area contributed by atoms with Gasteiger partial charge >= 0.3 is 0 Å². The smallest absolute Gasteiger partial charge is 0.180 e. The summed E-state index contributed by atoms with van der Waals surface area (Å²) in [6.45, 7) is 0.285. The Balaban J connectivity index is 1.85. The molecule has 4 aromatic rings. The maximum absolute atomic E-state index is 14.2. The molecule has 0 bridgehead atoms. The van der Waals surface area contributed by atoms with Gasteiger partial charge in [0, 0.05) is 23.5 Å². The molecule has 0 amide bonds. The number of para-hydroxylation sites is 1. The molecule has 4 rings (SSSR count). The summed E-state index contributed by atoms with van der Waals surface area (Å²) in [6, 6.07) is 18.0. The van der Waals surface area contributed by atoms with Gasteiger partial charge in [-0.1, -0.05) is 30.3 Å². The van der Waals surface area contributed by atoms with Gasteiger partial charge in [-0.15, -0.1) is 0 Å². The molecule has 2 aromatic carbocycles. The van der Waals surface area contributed by atoms with E-state index in [4.69, 9.17) is 4.74 Å². The molecule has 0 aliphatic rings. The number of hydrogen-bond acceptors (Lipinski definition) is 4. The molecular formula is C21H17FN4O. The third-order valence-corrected chi connectivity index (χ3v) is 4.24. The van der Waals surface area contributed by atoms with E-state index in [1.807, 2.05) is 36.4 Å². The monoisotopic (exact) mass is 360 g/mol. The zero-order valence-electron chi connectivity index (χ0n) is 14.7. The molecule has 0 radical (unpaired) electrons. The van der Waals surface area contributed by atoms with Crippen LogP contribution in [-0.2, 0) is 6.54 Å². The molecule has 0 atom stereocenters. The van der Waals surface area contributed by atoms with Crippen LogP contribution in [0.1, 0.15) is 5.56 Å². The highest BCUT2D eigenvalue weighted by Crippen LogP contribution is 2.32. The highest BCUT2D eigenvalue weighted by molar-refractivity contribution is 5.71. The van der Waals surface area contributed by atoms with Gasteiger partial charge < -0.3 is 4.74 Å². The molecule has 0 saturated heterocycles. The lowest BCUT2D eigenvalue weighted by atomic mass is 10.1. The second-order valence-electron chi connectivity index (χ2n) is 5.94. The second kappa shape index (κ2) is 7.37. The van der Waals surface area contributed by atoms with E-state index in [9.17, 15) is 4.39 Å². The van der Waals surface area contributed by atoms with Crippen LogP contribution >= 0.6 is 0 Å². The lowest BCUT2D eigenvalue weighted by Gasteiger charge is -2.11. The third-order valence-electron chi connectivity index (χ3n) is 4.24. The second-order valence-corrected chi connectivity index (χ2v) is 5.94. The Hall–Kier alpha value is -3.54. The molecule has 134 valence electrons. The Labute approximate surface area is 156 Å². The number of ether oxygens (including phenoxy) is 1. The van der Waals surface area contributed by atoms with E-state index in [1.54, 1.807) is 42.4 Å². The van der Waals surface area contributed by atoms with Crippen LogP contribution in [0.25, 0.3) is 22.8 Å². The van der Waals surface area contributed by atoms with Crippen LogP contribution in [0.4, 0.5) is 4.39 Å². The molecule has 5 nitrogen and oxygen atoms in total. The molecule has 0 unspecified atom stereocenters. The molecule has 0 N–H and O–H groups in total. The molecule has 6 heteroatoms. The van der Waals surface area contributed by atoms with E-state index < -0.39 is 0 Å². The van der Waals surface area contributed by atoms with Gasteiger partial charge in [-0.05, 0) is 30.3 Å². The Morgan fingerprint density at radius 3 is 2.48 bits per heavy atom. The molecule has 0 aliphatic heterocycles. The van der Waals surface area contributed by atoms with E-state index in [-0.39, 0.29) is 12.4 Å². The molecule has 2 aromatic heterocycles. The van der Waals surface area contributed by atoms with Gasteiger partial charge in [-0.25, -0.2) is 14.4 Å². The number of benzene rings is 2. The van der Waals surface area contributed by atoms with Crippen LogP contribution in [0, 0.1) is 5.82 Å². The molecule has 0 fully saturated rings. The first-order valence-corrected chi connectivity index (χ1v) is 8.48. The number of halogens is 1. The van der Waals surface area contributed by atoms with Crippen molar-refractivity contribution in [2.75, 3.05) is 7.11 Å². The minimum atomic E-state index is -0.267. The Kier molecular flexibility index (Phi) is 4.61. The topological polar surface area (TPSA) is 52.8 Å². The Bertz CT molecular complexity index is 1060. The Morgan fingerprint density at radius 1 is 0.963 bits per heavy atom. The fourth-order valence-corrected chi connectivity index (χ4v) is 2.94.